The minimum atomic E-state index is -0.290. The fourth-order valence-corrected chi connectivity index (χ4v) is 2.99. The summed E-state index contributed by atoms with van der Waals surface area (Å²) < 4.78 is 10.3. The Balaban J connectivity index is 1.37. The highest BCUT2D eigenvalue weighted by Gasteiger charge is 2.23. The Morgan fingerprint density at radius 3 is 2.62 bits per heavy atom. The summed E-state index contributed by atoms with van der Waals surface area (Å²) in [5.74, 6) is 0.458. The summed E-state index contributed by atoms with van der Waals surface area (Å²) in [6.07, 6.45) is 0.734. The van der Waals surface area contributed by atoms with E-state index < -0.39 is 0 Å². The smallest absolute Gasteiger partial charge is 0.414 e. The Hall–Kier alpha value is -2.32. The van der Waals surface area contributed by atoms with Crippen LogP contribution < -0.4 is 16.0 Å². The van der Waals surface area contributed by atoms with E-state index in [1.165, 1.54) is 0 Å². The molecule has 2 heterocycles. The maximum atomic E-state index is 11.5. The van der Waals surface area contributed by atoms with Gasteiger partial charge in [-0.3, -0.25) is 9.80 Å². The molecular weight excluding hydrogens is 334 g/mol. The van der Waals surface area contributed by atoms with Crippen molar-refractivity contribution >= 4 is 17.7 Å². The van der Waals surface area contributed by atoms with Crippen molar-refractivity contribution in [3.8, 4) is 0 Å². The maximum absolute atomic E-state index is 11.5. The van der Waals surface area contributed by atoms with Crippen LogP contribution in [0.15, 0.2) is 29.3 Å². The molecule has 0 unspecified atom stereocenters. The van der Waals surface area contributed by atoms with Gasteiger partial charge in [0.1, 0.15) is 6.61 Å². The van der Waals surface area contributed by atoms with Gasteiger partial charge in [-0.05, 0) is 30.7 Å². The fourth-order valence-electron chi connectivity index (χ4n) is 2.99. The van der Waals surface area contributed by atoms with E-state index in [-0.39, 0.29) is 6.09 Å². The number of carbonyl (C=O) groups excluding carboxylic acids is 1. The normalized spacial score (nSPS) is 18.8. The molecule has 8 heteroatoms. The van der Waals surface area contributed by atoms with E-state index in [1.807, 2.05) is 24.3 Å². The largest absolute Gasteiger partial charge is 0.447 e. The van der Waals surface area contributed by atoms with E-state index in [2.05, 4.69) is 15.2 Å². The number of carbonyl (C=O) groups is 1. The summed E-state index contributed by atoms with van der Waals surface area (Å²) >= 11 is 0. The molecule has 3 rings (SSSR count). The number of hydrogen-bond acceptors (Lipinski definition) is 5. The van der Waals surface area contributed by atoms with Crippen molar-refractivity contribution in [1.82, 2.24) is 10.2 Å². The Kier molecular flexibility index (Phi) is 6.68. The number of nitrogens with two attached hydrogens (primary N) is 1. The van der Waals surface area contributed by atoms with Crippen molar-refractivity contribution in [1.29, 1.82) is 0 Å². The second kappa shape index (κ2) is 9.40. The van der Waals surface area contributed by atoms with Crippen molar-refractivity contribution in [2.24, 2.45) is 10.7 Å². The van der Waals surface area contributed by atoms with Gasteiger partial charge in [0.15, 0.2) is 5.96 Å². The molecule has 2 aliphatic heterocycles. The molecule has 2 saturated heterocycles. The summed E-state index contributed by atoms with van der Waals surface area (Å²) in [6, 6.07) is 7.72. The van der Waals surface area contributed by atoms with Crippen molar-refractivity contribution in [3.63, 3.8) is 0 Å². The second-order valence-electron chi connectivity index (χ2n) is 6.37. The third-order valence-electron chi connectivity index (χ3n) is 4.50. The average molecular weight is 361 g/mol. The zero-order valence-electron chi connectivity index (χ0n) is 15.0. The topological polar surface area (TPSA) is 92.4 Å². The molecule has 0 atom stereocenters. The number of ether oxygens (including phenoxy) is 2. The van der Waals surface area contributed by atoms with Gasteiger partial charge in [-0.15, -0.1) is 0 Å². The fraction of sp³-hybridized carbons (Fsp3) is 0.556. The van der Waals surface area contributed by atoms with E-state index in [0.29, 0.717) is 25.7 Å². The zero-order chi connectivity index (χ0) is 18.2. The number of guanidine groups is 1. The van der Waals surface area contributed by atoms with Gasteiger partial charge in [-0.2, -0.15) is 0 Å². The Morgan fingerprint density at radius 1 is 1.15 bits per heavy atom. The van der Waals surface area contributed by atoms with E-state index in [0.717, 1.165) is 57.1 Å². The number of nitrogens with zero attached hydrogens (tertiary/aromatic N) is 3. The third-order valence-corrected chi connectivity index (χ3v) is 4.50. The highest BCUT2D eigenvalue weighted by atomic mass is 16.6. The number of anilines is 1. The number of hydrogen-bond donors (Lipinski definition) is 2. The zero-order valence-corrected chi connectivity index (χ0v) is 15.0. The molecule has 2 aliphatic rings. The number of nitrogens with one attached hydrogen (secondary N) is 1. The Bertz CT molecular complexity index is 614. The van der Waals surface area contributed by atoms with Crippen LogP contribution >= 0.6 is 0 Å². The molecule has 1 aromatic carbocycles. The van der Waals surface area contributed by atoms with Crippen molar-refractivity contribution in [2.75, 3.05) is 57.4 Å². The van der Waals surface area contributed by atoms with Gasteiger partial charge in [-0.25, -0.2) is 9.79 Å². The molecule has 142 valence electrons. The molecule has 1 amide bonds. The van der Waals surface area contributed by atoms with E-state index >= 15 is 0 Å². The SMILES string of the molecule is NC(=NCc1ccc(N2CCOC2=O)cc1)NCCCN1CCOCC1. The molecule has 0 spiro atoms. The predicted molar refractivity (Wildman–Crippen MR) is 100 cm³/mol. The molecule has 0 aromatic heterocycles. The van der Waals surface area contributed by atoms with Gasteiger partial charge in [0, 0.05) is 25.3 Å². The first-order chi connectivity index (χ1) is 12.7. The minimum absolute atomic E-state index is 0.290. The molecule has 0 bridgehead atoms. The average Bonchev–Trinajstić information content (AvgIpc) is 3.11. The van der Waals surface area contributed by atoms with Crippen LogP contribution in [-0.4, -0.2) is 69.5 Å². The van der Waals surface area contributed by atoms with Gasteiger partial charge >= 0.3 is 6.09 Å². The van der Waals surface area contributed by atoms with Crippen LogP contribution in [0.5, 0.6) is 0 Å². The number of benzene rings is 1. The van der Waals surface area contributed by atoms with Crippen molar-refractivity contribution < 1.29 is 14.3 Å². The van der Waals surface area contributed by atoms with E-state index in [1.54, 1.807) is 4.90 Å². The molecule has 2 fully saturated rings. The number of amides is 1. The Morgan fingerprint density at radius 2 is 1.92 bits per heavy atom. The molecule has 0 aliphatic carbocycles. The summed E-state index contributed by atoms with van der Waals surface area (Å²) in [7, 11) is 0. The summed E-state index contributed by atoms with van der Waals surface area (Å²) in [6.45, 7) is 7.07. The van der Waals surface area contributed by atoms with Crippen molar-refractivity contribution in [3.05, 3.63) is 29.8 Å². The number of morpholine rings is 1. The highest BCUT2D eigenvalue weighted by Crippen LogP contribution is 2.19. The quantitative estimate of drug-likeness (QED) is 0.423. The van der Waals surface area contributed by atoms with E-state index in [4.69, 9.17) is 15.2 Å². The summed E-state index contributed by atoms with van der Waals surface area (Å²) in [5.41, 5.74) is 7.81. The molecule has 3 N–H and O–H groups in total. The van der Waals surface area contributed by atoms with Gasteiger partial charge < -0.3 is 20.5 Å². The maximum Gasteiger partial charge on any atom is 0.414 e. The first-order valence-corrected chi connectivity index (χ1v) is 9.09. The van der Waals surface area contributed by atoms with Crippen LogP contribution in [0.3, 0.4) is 0 Å². The van der Waals surface area contributed by atoms with Crippen LogP contribution in [0.2, 0.25) is 0 Å². The van der Waals surface area contributed by atoms with Gasteiger partial charge in [0.05, 0.1) is 26.3 Å². The molecular formula is C18H27N5O3. The minimum Gasteiger partial charge on any atom is -0.447 e. The highest BCUT2D eigenvalue weighted by molar-refractivity contribution is 5.89. The van der Waals surface area contributed by atoms with Gasteiger partial charge in [-0.1, -0.05) is 12.1 Å². The second-order valence-corrected chi connectivity index (χ2v) is 6.37. The van der Waals surface area contributed by atoms with E-state index in [9.17, 15) is 4.79 Å². The standard InChI is InChI=1S/C18H27N5O3/c19-17(20-6-1-7-22-8-11-25-12-9-22)21-14-15-2-4-16(5-3-15)23-10-13-26-18(23)24/h2-5H,1,6-14H2,(H3,19,20,21). The van der Waals surface area contributed by atoms with Crippen LogP contribution in [-0.2, 0) is 16.0 Å². The molecule has 26 heavy (non-hydrogen) atoms. The van der Waals surface area contributed by atoms with Crippen LogP contribution in [0.1, 0.15) is 12.0 Å². The van der Waals surface area contributed by atoms with Crippen LogP contribution in [0, 0.1) is 0 Å². The number of cyclic esters (lactones) is 1. The third kappa shape index (κ3) is 5.34. The summed E-state index contributed by atoms with van der Waals surface area (Å²) in [4.78, 5) is 19.9. The van der Waals surface area contributed by atoms with Crippen LogP contribution in [0.4, 0.5) is 10.5 Å². The predicted octanol–water partition coefficient (Wildman–Crippen LogP) is 0.770. The first kappa shape index (κ1) is 18.5. The lowest BCUT2D eigenvalue weighted by Gasteiger charge is -2.26. The molecule has 0 saturated carbocycles. The Labute approximate surface area is 153 Å². The van der Waals surface area contributed by atoms with Gasteiger partial charge in [0.2, 0.25) is 0 Å². The molecule has 0 radical (unpaired) electrons. The number of aliphatic imine (C=N–C) groups is 1. The monoisotopic (exact) mass is 361 g/mol. The summed E-state index contributed by atoms with van der Waals surface area (Å²) in [5, 5.41) is 3.15. The van der Waals surface area contributed by atoms with Crippen LogP contribution in [0.25, 0.3) is 0 Å². The molecule has 8 nitrogen and oxygen atoms in total. The van der Waals surface area contributed by atoms with Crippen molar-refractivity contribution in [2.45, 2.75) is 13.0 Å². The lowest BCUT2D eigenvalue weighted by molar-refractivity contribution is 0.0376. The number of rotatable bonds is 7. The molecule has 1 aromatic rings. The van der Waals surface area contributed by atoms with Gasteiger partial charge in [0.25, 0.3) is 0 Å². The first-order valence-electron chi connectivity index (χ1n) is 9.09. The lowest BCUT2D eigenvalue weighted by Crippen LogP contribution is -2.39. The lowest BCUT2D eigenvalue weighted by atomic mass is 10.2.